The molecule has 0 saturated heterocycles. The molecule has 146 valence electrons. The summed E-state index contributed by atoms with van der Waals surface area (Å²) < 4.78 is 19.3. The first-order valence-corrected chi connectivity index (χ1v) is 9.47. The number of aromatic nitrogens is 4. The van der Waals surface area contributed by atoms with Gasteiger partial charge >= 0.3 is 5.97 Å². The Bertz CT molecular complexity index is 954. The van der Waals surface area contributed by atoms with Gasteiger partial charge in [-0.25, -0.2) is 18.9 Å². The summed E-state index contributed by atoms with van der Waals surface area (Å²) in [4.78, 5) is 28.0. The zero-order valence-corrected chi connectivity index (χ0v) is 15.9. The lowest BCUT2D eigenvalue weighted by Crippen LogP contribution is -2.26. The normalized spacial score (nSPS) is 10.6. The fraction of sp³-hybridized carbons (Fsp3) is 0.278. The van der Waals surface area contributed by atoms with Crippen molar-refractivity contribution in [2.45, 2.75) is 19.9 Å². The van der Waals surface area contributed by atoms with Crippen molar-refractivity contribution in [2.75, 3.05) is 13.2 Å². The van der Waals surface area contributed by atoms with E-state index in [1.807, 2.05) is 0 Å². The minimum absolute atomic E-state index is 0.188. The number of halogens is 1. The second kappa shape index (κ2) is 9.18. The topological polar surface area (TPSA) is 99.0 Å². The summed E-state index contributed by atoms with van der Waals surface area (Å²) in [6, 6.07) is 6.03. The predicted octanol–water partition coefficient (Wildman–Crippen LogP) is 2.07. The number of benzene rings is 1. The maximum absolute atomic E-state index is 12.9. The van der Waals surface area contributed by atoms with E-state index < -0.39 is 5.97 Å². The summed E-state index contributed by atoms with van der Waals surface area (Å²) in [5.41, 5.74) is 1.31. The lowest BCUT2D eigenvalue weighted by molar-refractivity contribution is 0.0520. The van der Waals surface area contributed by atoms with E-state index in [0.29, 0.717) is 26.1 Å². The van der Waals surface area contributed by atoms with E-state index in [4.69, 9.17) is 4.74 Å². The van der Waals surface area contributed by atoms with Gasteiger partial charge in [-0.15, -0.1) is 16.4 Å². The summed E-state index contributed by atoms with van der Waals surface area (Å²) in [5.74, 6) is -1.11. The first-order valence-electron chi connectivity index (χ1n) is 8.59. The van der Waals surface area contributed by atoms with Crippen molar-refractivity contribution in [3.8, 4) is 0 Å². The zero-order valence-electron chi connectivity index (χ0n) is 15.1. The van der Waals surface area contributed by atoms with Crippen molar-refractivity contribution in [1.82, 2.24) is 25.3 Å². The van der Waals surface area contributed by atoms with Crippen LogP contribution in [0.5, 0.6) is 0 Å². The first kappa shape index (κ1) is 19.6. The molecule has 2 aromatic heterocycles. The van der Waals surface area contributed by atoms with Gasteiger partial charge in [-0.1, -0.05) is 17.3 Å². The van der Waals surface area contributed by atoms with Crippen molar-refractivity contribution in [3.63, 3.8) is 0 Å². The third-order valence-corrected chi connectivity index (χ3v) is 4.60. The molecule has 0 spiro atoms. The van der Waals surface area contributed by atoms with Gasteiger partial charge in [0, 0.05) is 18.3 Å². The van der Waals surface area contributed by atoms with Gasteiger partial charge in [0.05, 0.1) is 24.4 Å². The van der Waals surface area contributed by atoms with Gasteiger partial charge in [-0.05, 0) is 24.6 Å². The molecule has 1 aromatic carbocycles. The third kappa shape index (κ3) is 5.19. The molecule has 1 amide bonds. The number of nitrogens with zero attached hydrogens (tertiary/aromatic N) is 4. The fourth-order valence-electron chi connectivity index (χ4n) is 2.35. The molecule has 0 aliphatic heterocycles. The fourth-order valence-corrected chi connectivity index (χ4v) is 3.12. The molecule has 0 saturated carbocycles. The Labute approximate surface area is 164 Å². The molecule has 2 heterocycles. The van der Waals surface area contributed by atoms with Crippen LogP contribution in [0.25, 0.3) is 0 Å². The zero-order chi connectivity index (χ0) is 19.9. The Kier molecular flexibility index (Phi) is 6.43. The lowest BCUT2D eigenvalue weighted by atomic mass is 10.2. The number of amides is 1. The van der Waals surface area contributed by atoms with E-state index in [-0.39, 0.29) is 23.1 Å². The molecule has 3 aromatic rings. The van der Waals surface area contributed by atoms with Crippen LogP contribution >= 0.6 is 11.3 Å². The molecule has 28 heavy (non-hydrogen) atoms. The molecule has 10 heteroatoms. The van der Waals surface area contributed by atoms with Gasteiger partial charge < -0.3 is 10.1 Å². The largest absolute Gasteiger partial charge is 0.461 e. The van der Waals surface area contributed by atoms with E-state index in [1.54, 1.807) is 24.4 Å². The van der Waals surface area contributed by atoms with Crippen LogP contribution in [0.15, 0.2) is 35.8 Å². The average molecular weight is 403 g/mol. The molecule has 0 radical (unpaired) electrons. The van der Waals surface area contributed by atoms with Crippen molar-refractivity contribution < 1.29 is 18.7 Å². The van der Waals surface area contributed by atoms with Crippen molar-refractivity contribution in [2.24, 2.45) is 0 Å². The molecule has 0 aliphatic rings. The van der Waals surface area contributed by atoms with Gasteiger partial charge in [0.1, 0.15) is 5.82 Å². The first-order chi connectivity index (χ1) is 13.5. The number of hydrogen-bond acceptors (Lipinski definition) is 7. The van der Waals surface area contributed by atoms with Crippen LogP contribution in [0.2, 0.25) is 0 Å². The molecular formula is C18H18FN5O3S. The molecule has 0 fully saturated rings. The van der Waals surface area contributed by atoms with E-state index >= 15 is 0 Å². The number of rotatable bonds is 8. The number of carbonyl (C=O) groups excluding carboxylic acids is 2. The smallest absolute Gasteiger partial charge is 0.357 e. The van der Waals surface area contributed by atoms with Gasteiger partial charge in [0.2, 0.25) is 0 Å². The number of hydrogen-bond donors (Lipinski definition) is 1. The highest BCUT2D eigenvalue weighted by atomic mass is 32.1. The monoisotopic (exact) mass is 403 g/mol. The van der Waals surface area contributed by atoms with Crippen LogP contribution < -0.4 is 5.32 Å². The Morgan fingerprint density at radius 2 is 2.04 bits per heavy atom. The summed E-state index contributed by atoms with van der Waals surface area (Å²) in [7, 11) is 0. The number of thiazole rings is 1. The second-order valence-corrected chi connectivity index (χ2v) is 6.72. The Balaban J connectivity index is 1.48. The minimum Gasteiger partial charge on any atom is -0.461 e. The maximum atomic E-state index is 12.9. The van der Waals surface area contributed by atoms with Gasteiger partial charge in [-0.2, -0.15) is 0 Å². The summed E-state index contributed by atoms with van der Waals surface area (Å²) >= 11 is 1.34. The second-order valence-electron chi connectivity index (χ2n) is 5.78. The van der Waals surface area contributed by atoms with E-state index in [9.17, 15) is 14.0 Å². The molecule has 3 rings (SSSR count). The maximum Gasteiger partial charge on any atom is 0.357 e. The summed E-state index contributed by atoms with van der Waals surface area (Å²) in [5, 5.41) is 12.9. The SMILES string of the molecule is CCOC(=O)c1csc(CCNC(=O)c2cn(Cc3ccc(F)cc3)nn2)n1. The molecule has 0 atom stereocenters. The number of carbonyl (C=O) groups is 2. The highest BCUT2D eigenvalue weighted by Crippen LogP contribution is 2.11. The van der Waals surface area contributed by atoms with Gasteiger partial charge in [0.15, 0.2) is 11.4 Å². The summed E-state index contributed by atoms with van der Waals surface area (Å²) in [6.07, 6.45) is 2.01. The number of ether oxygens (including phenoxy) is 1. The van der Waals surface area contributed by atoms with Crippen molar-refractivity contribution >= 4 is 23.2 Å². The Hall–Kier alpha value is -3.14. The molecule has 0 bridgehead atoms. The van der Waals surface area contributed by atoms with E-state index in [0.717, 1.165) is 10.6 Å². The van der Waals surface area contributed by atoms with Crippen LogP contribution in [0, 0.1) is 5.82 Å². The Morgan fingerprint density at radius 3 is 2.79 bits per heavy atom. The molecule has 1 N–H and O–H groups in total. The molecule has 8 nitrogen and oxygen atoms in total. The molecule has 0 aliphatic carbocycles. The quantitative estimate of drug-likeness (QED) is 0.578. The average Bonchev–Trinajstić information content (AvgIpc) is 3.33. The van der Waals surface area contributed by atoms with Crippen LogP contribution in [0.3, 0.4) is 0 Å². The highest BCUT2D eigenvalue weighted by molar-refractivity contribution is 7.09. The van der Waals surface area contributed by atoms with Gasteiger partial charge in [-0.3, -0.25) is 4.79 Å². The number of nitrogens with one attached hydrogen (secondary N) is 1. The van der Waals surface area contributed by atoms with Crippen molar-refractivity contribution in [3.05, 3.63) is 63.6 Å². The van der Waals surface area contributed by atoms with E-state index in [2.05, 4.69) is 20.6 Å². The van der Waals surface area contributed by atoms with E-state index in [1.165, 1.54) is 34.3 Å². The highest BCUT2D eigenvalue weighted by Gasteiger charge is 2.13. The lowest BCUT2D eigenvalue weighted by Gasteiger charge is -2.01. The van der Waals surface area contributed by atoms with Gasteiger partial charge in [0.25, 0.3) is 5.91 Å². The van der Waals surface area contributed by atoms with Crippen LogP contribution in [-0.2, 0) is 17.7 Å². The summed E-state index contributed by atoms with van der Waals surface area (Å²) in [6.45, 7) is 2.76. The number of esters is 1. The van der Waals surface area contributed by atoms with Crippen LogP contribution in [-0.4, -0.2) is 45.0 Å². The van der Waals surface area contributed by atoms with Crippen LogP contribution in [0.4, 0.5) is 4.39 Å². The standard InChI is InChI=1S/C18H18FN5O3S/c1-2-27-18(26)15-11-28-16(21-15)7-8-20-17(25)14-10-24(23-22-14)9-12-3-5-13(19)6-4-12/h3-6,10-11H,2,7-9H2,1H3,(H,20,25). The molecular weight excluding hydrogens is 385 g/mol. The van der Waals surface area contributed by atoms with Crippen molar-refractivity contribution in [1.29, 1.82) is 0 Å². The van der Waals surface area contributed by atoms with Crippen LogP contribution in [0.1, 0.15) is 38.5 Å². The minimum atomic E-state index is -0.452. The molecule has 0 unspecified atom stereocenters. The predicted molar refractivity (Wildman–Crippen MR) is 99.6 cm³/mol. The Morgan fingerprint density at radius 1 is 1.25 bits per heavy atom. The third-order valence-electron chi connectivity index (χ3n) is 3.69.